The number of esters is 1. The minimum Gasteiger partial charge on any atom is -0.497 e. The van der Waals surface area contributed by atoms with Crippen LogP contribution < -0.4 is 20.9 Å². The lowest BCUT2D eigenvalue weighted by Crippen LogP contribution is -2.30. The van der Waals surface area contributed by atoms with Gasteiger partial charge in [-0.15, -0.1) is 0 Å². The molecule has 37 heavy (non-hydrogen) atoms. The summed E-state index contributed by atoms with van der Waals surface area (Å²) in [5.41, 5.74) is 0.136. The summed E-state index contributed by atoms with van der Waals surface area (Å²) < 4.78 is 13.5. The first-order valence-electron chi connectivity index (χ1n) is 11.7. The molecule has 2 atom stereocenters. The van der Waals surface area contributed by atoms with Crippen molar-refractivity contribution in [3.63, 3.8) is 0 Å². The summed E-state index contributed by atoms with van der Waals surface area (Å²) >= 11 is 3.58. The standard InChI is InChI=1S/C27H28BrN3O6/c1-27(2,3)24(33)37-21-13-11-18-16(14-20(32)15-6-9-17(36-5)10-7-15)8-12-19(22(18)23(21)28)31-26(35)30(4)25(34)29-31/h6-13,16,19H,14H2,1-5H3,(H,29,34)/t16-,19-/m1/s1. The number of hydrogen-bond acceptors (Lipinski definition) is 6. The molecule has 0 unspecified atom stereocenters. The van der Waals surface area contributed by atoms with Crippen LogP contribution in [0.15, 0.2) is 62.6 Å². The summed E-state index contributed by atoms with van der Waals surface area (Å²) in [6, 6.07) is 9.68. The SMILES string of the molecule is COc1ccc(C(=O)C[C@H]2C=C[C@@H](n3[nH]c(=O)n(C)c3=O)c3c2ccc(OC(=O)C(C)(C)C)c3Br)cc1. The molecule has 3 aromatic rings. The van der Waals surface area contributed by atoms with E-state index in [-0.39, 0.29) is 23.9 Å². The number of H-pyrrole nitrogens is 1. The molecule has 0 radical (unpaired) electrons. The summed E-state index contributed by atoms with van der Waals surface area (Å²) in [5, 5.41) is 2.58. The van der Waals surface area contributed by atoms with Gasteiger partial charge in [0.2, 0.25) is 0 Å². The van der Waals surface area contributed by atoms with Crippen molar-refractivity contribution in [2.24, 2.45) is 12.5 Å². The van der Waals surface area contributed by atoms with Gasteiger partial charge in [0.25, 0.3) is 0 Å². The molecule has 1 aliphatic carbocycles. The Morgan fingerprint density at radius 1 is 1.05 bits per heavy atom. The van der Waals surface area contributed by atoms with Gasteiger partial charge >= 0.3 is 17.3 Å². The predicted molar refractivity (Wildman–Crippen MR) is 141 cm³/mol. The van der Waals surface area contributed by atoms with Crippen LogP contribution in [0.25, 0.3) is 0 Å². The van der Waals surface area contributed by atoms with Crippen molar-refractivity contribution >= 4 is 27.7 Å². The summed E-state index contributed by atoms with van der Waals surface area (Å²) in [5.74, 6) is 0.144. The van der Waals surface area contributed by atoms with Gasteiger partial charge in [-0.25, -0.2) is 23.9 Å². The van der Waals surface area contributed by atoms with Crippen LogP contribution in [0.4, 0.5) is 0 Å². The monoisotopic (exact) mass is 569 g/mol. The van der Waals surface area contributed by atoms with Gasteiger partial charge in [0.15, 0.2) is 5.78 Å². The molecule has 1 aromatic heterocycles. The maximum absolute atomic E-state index is 13.1. The minimum atomic E-state index is -0.733. The Labute approximate surface area is 221 Å². The number of benzene rings is 2. The summed E-state index contributed by atoms with van der Waals surface area (Å²) in [6.45, 7) is 5.26. The van der Waals surface area contributed by atoms with Gasteiger partial charge in [-0.1, -0.05) is 18.2 Å². The lowest BCUT2D eigenvalue weighted by atomic mass is 9.81. The zero-order valence-corrected chi connectivity index (χ0v) is 22.8. The smallest absolute Gasteiger partial charge is 0.347 e. The van der Waals surface area contributed by atoms with Crippen LogP contribution in [0.2, 0.25) is 0 Å². The largest absolute Gasteiger partial charge is 0.497 e. The number of fused-ring (bicyclic) bond motifs is 1. The number of allylic oxidation sites excluding steroid dienone is 2. The third kappa shape index (κ3) is 5.11. The van der Waals surface area contributed by atoms with E-state index in [1.54, 1.807) is 70.4 Å². The Bertz CT molecular complexity index is 1500. The topological polar surface area (TPSA) is 112 Å². The second-order valence-electron chi connectivity index (χ2n) is 9.94. The van der Waals surface area contributed by atoms with Crippen LogP contribution in [0.5, 0.6) is 11.5 Å². The van der Waals surface area contributed by atoms with Crippen molar-refractivity contribution < 1.29 is 19.1 Å². The van der Waals surface area contributed by atoms with E-state index in [4.69, 9.17) is 9.47 Å². The average molecular weight is 570 g/mol. The second-order valence-corrected chi connectivity index (χ2v) is 10.7. The lowest BCUT2D eigenvalue weighted by molar-refractivity contribution is -0.143. The van der Waals surface area contributed by atoms with Crippen molar-refractivity contribution in [2.75, 3.05) is 7.11 Å². The molecule has 10 heteroatoms. The van der Waals surface area contributed by atoms with Gasteiger partial charge < -0.3 is 9.47 Å². The minimum absolute atomic E-state index is 0.0636. The van der Waals surface area contributed by atoms with Gasteiger partial charge in [0, 0.05) is 30.5 Å². The quantitative estimate of drug-likeness (QED) is 0.207. The van der Waals surface area contributed by atoms with E-state index in [2.05, 4.69) is 21.0 Å². The number of aromatic amines is 1. The van der Waals surface area contributed by atoms with E-state index in [1.807, 2.05) is 6.08 Å². The van der Waals surface area contributed by atoms with Gasteiger partial charge in [0.05, 0.1) is 23.0 Å². The Balaban J connectivity index is 1.78. The lowest BCUT2D eigenvalue weighted by Gasteiger charge is -2.29. The van der Waals surface area contributed by atoms with Crippen LogP contribution in [-0.4, -0.2) is 33.2 Å². The molecular formula is C27H28BrN3O6. The van der Waals surface area contributed by atoms with Crippen LogP contribution in [0, 0.1) is 5.41 Å². The van der Waals surface area contributed by atoms with E-state index < -0.39 is 28.8 Å². The van der Waals surface area contributed by atoms with E-state index in [0.29, 0.717) is 21.3 Å². The average Bonchev–Trinajstić information content (AvgIpc) is 3.12. The van der Waals surface area contributed by atoms with Crippen LogP contribution in [-0.2, 0) is 11.8 Å². The Hall–Kier alpha value is -3.66. The summed E-state index contributed by atoms with van der Waals surface area (Å²) in [6.07, 6.45) is 3.81. The molecule has 0 spiro atoms. The summed E-state index contributed by atoms with van der Waals surface area (Å²) in [7, 11) is 2.95. The molecule has 0 bridgehead atoms. The summed E-state index contributed by atoms with van der Waals surface area (Å²) in [4.78, 5) is 50.7. The number of ether oxygens (including phenoxy) is 2. The molecule has 1 aliphatic rings. The van der Waals surface area contributed by atoms with Crippen molar-refractivity contribution in [2.45, 2.75) is 39.2 Å². The number of halogens is 1. The Kier molecular flexibility index (Phi) is 7.14. The number of aromatic nitrogens is 3. The second kappa shape index (κ2) is 10.0. The highest BCUT2D eigenvalue weighted by Gasteiger charge is 2.32. The molecular weight excluding hydrogens is 542 g/mol. The number of rotatable bonds is 6. The molecule has 0 aliphatic heterocycles. The van der Waals surface area contributed by atoms with Crippen LogP contribution in [0.1, 0.15) is 60.6 Å². The molecule has 2 aromatic carbocycles. The van der Waals surface area contributed by atoms with Crippen LogP contribution in [0.3, 0.4) is 0 Å². The maximum Gasteiger partial charge on any atom is 0.347 e. The fraction of sp³-hybridized carbons (Fsp3) is 0.333. The Morgan fingerprint density at radius 2 is 1.73 bits per heavy atom. The molecule has 1 N–H and O–H groups in total. The first-order chi connectivity index (χ1) is 17.4. The normalized spacial score (nSPS) is 16.8. The van der Waals surface area contributed by atoms with Gasteiger partial charge in [-0.2, -0.15) is 0 Å². The van der Waals surface area contributed by atoms with E-state index in [1.165, 1.54) is 11.7 Å². The third-order valence-electron chi connectivity index (χ3n) is 6.32. The number of carbonyl (C=O) groups is 2. The van der Waals surface area contributed by atoms with Gasteiger partial charge in [0.1, 0.15) is 11.5 Å². The molecule has 1 heterocycles. The van der Waals surface area contributed by atoms with Crippen molar-refractivity contribution in [3.05, 3.63) is 90.7 Å². The number of ketones is 1. The zero-order chi connectivity index (χ0) is 27.1. The van der Waals surface area contributed by atoms with Crippen molar-refractivity contribution in [1.82, 2.24) is 14.3 Å². The number of nitrogens with zero attached hydrogens (tertiary/aromatic N) is 2. The Morgan fingerprint density at radius 3 is 2.30 bits per heavy atom. The molecule has 4 rings (SSSR count). The highest BCUT2D eigenvalue weighted by atomic mass is 79.9. The molecule has 0 fully saturated rings. The molecule has 0 saturated carbocycles. The molecule has 0 saturated heterocycles. The number of nitrogens with one attached hydrogen (secondary N) is 1. The number of carbonyl (C=O) groups excluding carboxylic acids is 2. The fourth-order valence-electron chi connectivity index (χ4n) is 4.13. The van der Waals surface area contributed by atoms with E-state index >= 15 is 0 Å². The fourth-order valence-corrected chi connectivity index (χ4v) is 4.81. The van der Waals surface area contributed by atoms with Gasteiger partial charge in [-0.05, 0) is 72.6 Å². The van der Waals surface area contributed by atoms with Gasteiger partial charge in [-0.3, -0.25) is 9.59 Å². The zero-order valence-electron chi connectivity index (χ0n) is 21.2. The molecule has 194 valence electrons. The first kappa shape index (κ1) is 26.4. The van der Waals surface area contributed by atoms with E-state index in [9.17, 15) is 19.2 Å². The van der Waals surface area contributed by atoms with Crippen molar-refractivity contribution in [1.29, 1.82) is 0 Å². The number of Topliss-reactive ketones (excluding diaryl/α,β-unsaturated/α-hetero) is 1. The maximum atomic E-state index is 13.1. The molecule has 0 amide bonds. The predicted octanol–water partition coefficient (Wildman–Crippen LogP) is 4.11. The third-order valence-corrected chi connectivity index (χ3v) is 7.14. The van der Waals surface area contributed by atoms with E-state index in [0.717, 1.165) is 10.1 Å². The highest BCUT2D eigenvalue weighted by molar-refractivity contribution is 9.10. The van der Waals surface area contributed by atoms with Crippen molar-refractivity contribution in [3.8, 4) is 11.5 Å². The highest BCUT2D eigenvalue weighted by Crippen LogP contribution is 2.44. The number of methoxy groups -OCH3 is 1. The van der Waals surface area contributed by atoms with Crippen LogP contribution >= 0.6 is 15.9 Å². The molecule has 9 nitrogen and oxygen atoms in total. The number of hydrogen-bond donors (Lipinski definition) is 1. The first-order valence-corrected chi connectivity index (χ1v) is 12.5.